The molecule has 0 bridgehead atoms. The minimum absolute atomic E-state index is 0.00183. The Balaban J connectivity index is 3.25. The van der Waals surface area contributed by atoms with Crippen LogP contribution >= 0.6 is 0 Å². The number of aliphatic hydroxyl groups excluding tert-OH is 1. The van der Waals surface area contributed by atoms with Gasteiger partial charge in [0.25, 0.3) is 0 Å². The maximum absolute atomic E-state index is 11.1. The SMILES string of the molecule is [CH2]C([CH2])(C)NC(=O)OCCOCCOCCO. The van der Waals surface area contributed by atoms with Crippen LogP contribution in [-0.2, 0) is 14.2 Å². The summed E-state index contributed by atoms with van der Waals surface area (Å²) in [5, 5.41) is 10.9. The zero-order valence-electron chi connectivity index (χ0n) is 10.2. The van der Waals surface area contributed by atoms with E-state index >= 15 is 0 Å². The van der Waals surface area contributed by atoms with Crippen molar-refractivity contribution in [3.8, 4) is 0 Å². The molecule has 0 spiro atoms. The summed E-state index contributed by atoms with van der Waals surface area (Å²) in [7, 11) is 0. The first kappa shape index (κ1) is 16.1. The number of carbonyl (C=O) groups excluding carboxylic acids is 1. The van der Waals surface area contributed by atoms with Crippen molar-refractivity contribution in [1.29, 1.82) is 0 Å². The predicted molar refractivity (Wildman–Crippen MR) is 62.3 cm³/mol. The molecule has 0 aromatic rings. The van der Waals surface area contributed by atoms with E-state index in [1.807, 2.05) is 0 Å². The number of aliphatic hydroxyl groups is 1. The fourth-order valence-corrected chi connectivity index (χ4v) is 0.862. The predicted octanol–water partition coefficient (Wildman–Crippen LogP) is 0.165. The third-order valence-corrected chi connectivity index (χ3v) is 1.47. The molecule has 0 aliphatic carbocycles. The van der Waals surface area contributed by atoms with Gasteiger partial charge in [-0.25, -0.2) is 4.79 Å². The summed E-state index contributed by atoms with van der Waals surface area (Å²) < 4.78 is 14.9. The molecular formula is C11H21NO5. The smallest absolute Gasteiger partial charge is 0.407 e. The number of nitrogens with one attached hydrogen (secondary N) is 1. The highest BCUT2D eigenvalue weighted by atomic mass is 16.6. The Hall–Kier alpha value is -0.850. The lowest BCUT2D eigenvalue weighted by Crippen LogP contribution is -2.41. The van der Waals surface area contributed by atoms with Crippen LogP contribution < -0.4 is 5.32 Å². The van der Waals surface area contributed by atoms with E-state index in [0.29, 0.717) is 26.4 Å². The van der Waals surface area contributed by atoms with Gasteiger partial charge in [-0.1, -0.05) is 0 Å². The Kier molecular flexibility index (Phi) is 8.75. The van der Waals surface area contributed by atoms with Gasteiger partial charge in [0.05, 0.1) is 33.0 Å². The molecular weight excluding hydrogens is 226 g/mol. The van der Waals surface area contributed by atoms with Crippen LogP contribution in [0.5, 0.6) is 0 Å². The van der Waals surface area contributed by atoms with E-state index in [1.54, 1.807) is 6.92 Å². The van der Waals surface area contributed by atoms with E-state index in [2.05, 4.69) is 19.2 Å². The lowest BCUT2D eigenvalue weighted by molar-refractivity contribution is 0.0183. The van der Waals surface area contributed by atoms with E-state index in [-0.39, 0.29) is 13.2 Å². The van der Waals surface area contributed by atoms with Crippen molar-refractivity contribution in [2.45, 2.75) is 12.5 Å². The van der Waals surface area contributed by atoms with Crippen LogP contribution in [0, 0.1) is 13.8 Å². The van der Waals surface area contributed by atoms with E-state index in [1.165, 1.54) is 0 Å². The van der Waals surface area contributed by atoms with E-state index in [9.17, 15) is 4.79 Å². The van der Waals surface area contributed by atoms with Crippen molar-refractivity contribution in [2.75, 3.05) is 39.6 Å². The first-order chi connectivity index (χ1) is 7.95. The number of rotatable bonds is 9. The molecule has 0 aromatic carbocycles. The second-order valence-corrected chi connectivity index (χ2v) is 3.77. The molecule has 1 amide bonds. The van der Waals surface area contributed by atoms with Gasteiger partial charge < -0.3 is 24.6 Å². The van der Waals surface area contributed by atoms with Crippen LogP contribution in [0.1, 0.15) is 6.92 Å². The maximum atomic E-state index is 11.1. The van der Waals surface area contributed by atoms with Crippen molar-refractivity contribution >= 4 is 6.09 Å². The van der Waals surface area contributed by atoms with Crippen molar-refractivity contribution in [3.05, 3.63) is 13.8 Å². The summed E-state index contributed by atoms with van der Waals surface area (Å²) in [6.07, 6.45) is -0.572. The van der Waals surface area contributed by atoms with Crippen molar-refractivity contribution < 1.29 is 24.1 Å². The molecule has 0 saturated heterocycles. The Morgan fingerprint density at radius 3 is 2.24 bits per heavy atom. The summed E-state index contributed by atoms with van der Waals surface area (Å²) in [5.74, 6) is 0. The van der Waals surface area contributed by atoms with Crippen LogP contribution in [0.3, 0.4) is 0 Å². The highest BCUT2D eigenvalue weighted by molar-refractivity contribution is 5.68. The van der Waals surface area contributed by atoms with Gasteiger partial charge in [-0.2, -0.15) is 0 Å². The normalized spacial score (nSPS) is 11.3. The van der Waals surface area contributed by atoms with E-state index in [4.69, 9.17) is 19.3 Å². The lowest BCUT2D eigenvalue weighted by atomic mass is 10.1. The number of amides is 1. The highest BCUT2D eigenvalue weighted by Crippen LogP contribution is 1.97. The largest absolute Gasteiger partial charge is 0.447 e. The summed E-state index contributed by atoms with van der Waals surface area (Å²) in [6, 6.07) is 0. The molecule has 6 heteroatoms. The number of alkyl carbamates (subject to hydrolysis) is 1. The Morgan fingerprint density at radius 2 is 1.71 bits per heavy atom. The second-order valence-electron chi connectivity index (χ2n) is 3.77. The van der Waals surface area contributed by atoms with E-state index < -0.39 is 11.6 Å². The van der Waals surface area contributed by atoms with Gasteiger partial charge in [-0.05, 0) is 20.8 Å². The fraction of sp³-hybridized carbons (Fsp3) is 0.727. The molecule has 6 nitrogen and oxygen atoms in total. The summed E-state index contributed by atoms with van der Waals surface area (Å²) >= 11 is 0. The summed E-state index contributed by atoms with van der Waals surface area (Å²) in [4.78, 5) is 11.1. The first-order valence-corrected chi connectivity index (χ1v) is 5.37. The van der Waals surface area contributed by atoms with Crippen molar-refractivity contribution in [1.82, 2.24) is 5.32 Å². The second kappa shape index (κ2) is 9.21. The Bertz CT molecular complexity index is 203. The van der Waals surface area contributed by atoms with Gasteiger partial charge in [-0.3, -0.25) is 0 Å². The summed E-state index contributed by atoms with van der Waals surface area (Å²) in [5.41, 5.74) is -0.796. The Morgan fingerprint density at radius 1 is 1.18 bits per heavy atom. The van der Waals surface area contributed by atoms with Crippen LogP contribution in [0.25, 0.3) is 0 Å². The van der Waals surface area contributed by atoms with Gasteiger partial charge in [0, 0.05) is 5.54 Å². The maximum Gasteiger partial charge on any atom is 0.407 e. The van der Waals surface area contributed by atoms with Gasteiger partial charge in [0.15, 0.2) is 0 Å². The minimum Gasteiger partial charge on any atom is -0.447 e. The molecule has 0 aliphatic rings. The average Bonchev–Trinajstić information content (AvgIpc) is 2.19. The minimum atomic E-state index is -0.796. The van der Waals surface area contributed by atoms with Crippen molar-refractivity contribution in [2.24, 2.45) is 0 Å². The number of hydrogen-bond acceptors (Lipinski definition) is 5. The highest BCUT2D eigenvalue weighted by Gasteiger charge is 2.14. The molecule has 100 valence electrons. The van der Waals surface area contributed by atoms with Gasteiger partial charge in [0.2, 0.25) is 0 Å². The molecule has 17 heavy (non-hydrogen) atoms. The molecule has 0 aliphatic heterocycles. The molecule has 2 N–H and O–H groups in total. The molecule has 0 unspecified atom stereocenters. The van der Waals surface area contributed by atoms with Crippen LogP contribution in [0.2, 0.25) is 0 Å². The van der Waals surface area contributed by atoms with Gasteiger partial charge in [0.1, 0.15) is 6.61 Å². The van der Waals surface area contributed by atoms with Crippen LogP contribution in [-0.4, -0.2) is 56.4 Å². The van der Waals surface area contributed by atoms with Gasteiger partial charge >= 0.3 is 6.09 Å². The Labute approximate surface area is 102 Å². The fourth-order valence-electron chi connectivity index (χ4n) is 0.862. The molecule has 0 aromatic heterocycles. The number of carbonyl (C=O) groups is 1. The van der Waals surface area contributed by atoms with Crippen LogP contribution in [0.15, 0.2) is 0 Å². The topological polar surface area (TPSA) is 77.0 Å². The standard InChI is InChI=1S/C11H21NO5/c1-11(2,3)12-10(14)17-9-8-16-7-6-15-5-4-13/h13H,1-2,4-9H2,3H3,(H,12,14). The number of hydrogen-bond donors (Lipinski definition) is 2. The van der Waals surface area contributed by atoms with Crippen LogP contribution in [0.4, 0.5) is 4.79 Å². The van der Waals surface area contributed by atoms with E-state index in [0.717, 1.165) is 0 Å². The first-order valence-electron chi connectivity index (χ1n) is 5.37. The molecule has 2 radical (unpaired) electrons. The quantitative estimate of drug-likeness (QED) is 0.568. The summed E-state index contributed by atoms with van der Waals surface area (Å²) in [6.45, 7) is 10.4. The average molecular weight is 247 g/mol. The monoisotopic (exact) mass is 247 g/mol. The lowest BCUT2D eigenvalue weighted by Gasteiger charge is -2.19. The molecule has 0 atom stereocenters. The molecule has 0 saturated carbocycles. The van der Waals surface area contributed by atoms with Gasteiger partial charge in [-0.15, -0.1) is 0 Å². The molecule has 0 rings (SSSR count). The zero-order valence-corrected chi connectivity index (χ0v) is 10.2. The molecule has 0 heterocycles. The third-order valence-electron chi connectivity index (χ3n) is 1.47. The molecule has 0 fully saturated rings. The number of ether oxygens (including phenoxy) is 3. The third kappa shape index (κ3) is 13.1. The van der Waals surface area contributed by atoms with Crippen molar-refractivity contribution in [3.63, 3.8) is 0 Å². The zero-order chi connectivity index (χ0) is 13.1.